The average Bonchev–Trinajstić information content (AvgIpc) is 2.05. The molecule has 1 saturated carbocycles. The summed E-state index contributed by atoms with van der Waals surface area (Å²) in [5.41, 5.74) is 0.0979. The fourth-order valence-electron chi connectivity index (χ4n) is 1.94. The summed E-state index contributed by atoms with van der Waals surface area (Å²) >= 11 is 3.35. The Bertz CT molecular complexity index is 317. The number of hydrogen-bond donors (Lipinski definition) is 0. The minimum atomic E-state index is 0.0979. The lowest BCUT2D eigenvalue weighted by molar-refractivity contribution is 0.0483. The van der Waals surface area contributed by atoms with Crippen LogP contribution in [0.1, 0.15) is 25.1 Å². The van der Waals surface area contributed by atoms with E-state index in [1.165, 1.54) is 19.3 Å². The van der Waals surface area contributed by atoms with E-state index in [2.05, 4.69) is 44.9 Å². The molecule has 0 amide bonds. The largest absolute Gasteiger partial charge is 0.297 e. The molecule has 4 heteroatoms. The summed E-state index contributed by atoms with van der Waals surface area (Å²) < 4.78 is 0.939. The van der Waals surface area contributed by atoms with Crippen molar-refractivity contribution in [3.05, 3.63) is 22.7 Å². The number of hydrogen-bond acceptors (Lipinski definition) is 3. The molecule has 0 unspecified atom stereocenters. The van der Waals surface area contributed by atoms with Gasteiger partial charge in [0, 0.05) is 12.4 Å². The van der Waals surface area contributed by atoms with Crippen molar-refractivity contribution in [1.82, 2.24) is 14.9 Å². The van der Waals surface area contributed by atoms with Crippen LogP contribution in [-0.2, 0) is 5.54 Å². The zero-order chi connectivity index (χ0) is 10.2. The lowest BCUT2D eigenvalue weighted by atomic mass is 9.75. The second-order valence-corrected chi connectivity index (χ2v) is 4.92. The van der Waals surface area contributed by atoms with Crippen LogP contribution in [0.2, 0.25) is 0 Å². The molecule has 14 heavy (non-hydrogen) atoms. The first-order chi connectivity index (χ1) is 6.65. The van der Waals surface area contributed by atoms with Gasteiger partial charge >= 0.3 is 0 Å². The van der Waals surface area contributed by atoms with E-state index < -0.39 is 0 Å². The highest BCUT2D eigenvalue weighted by Gasteiger charge is 2.43. The molecule has 1 aliphatic rings. The lowest BCUT2D eigenvalue weighted by Crippen LogP contribution is -2.48. The van der Waals surface area contributed by atoms with E-state index in [9.17, 15) is 0 Å². The third-order valence-electron chi connectivity index (χ3n) is 3.07. The summed E-state index contributed by atoms with van der Waals surface area (Å²) in [7, 11) is 4.20. The van der Waals surface area contributed by atoms with Crippen molar-refractivity contribution in [1.29, 1.82) is 0 Å². The second-order valence-electron chi connectivity index (χ2n) is 4.00. The Kier molecular flexibility index (Phi) is 2.58. The van der Waals surface area contributed by atoms with E-state index in [1.807, 2.05) is 12.4 Å². The maximum Gasteiger partial charge on any atom is 0.148 e. The Morgan fingerprint density at radius 2 is 1.86 bits per heavy atom. The zero-order valence-corrected chi connectivity index (χ0v) is 10.1. The lowest BCUT2D eigenvalue weighted by Gasteiger charge is -2.45. The smallest absolute Gasteiger partial charge is 0.148 e. The molecule has 2 rings (SSSR count). The normalized spacial score (nSPS) is 19.4. The summed E-state index contributed by atoms with van der Waals surface area (Å²) in [6.45, 7) is 0. The van der Waals surface area contributed by atoms with Crippen molar-refractivity contribution >= 4 is 15.9 Å². The van der Waals surface area contributed by atoms with Gasteiger partial charge in [-0.25, -0.2) is 9.97 Å². The Morgan fingerprint density at radius 3 is 2.21 bits per heavy atom. The van der Waals surface area contributed by atoms with E-state index in [0.717, 1.165) is 10.3 Å². The summed E-state index contributed by atoms with van der Waals surface area (Å²) in [4.78, 5) is 11.0. The third-order valence-corrected chi connectivity index (χ3v) is 3.48. The van der Waals surface area contributed by atoms with Gasteiger partial charge in [-0.15, -0.1) is 0 Å². The first-order valence-electron chi connectivity index (χ1n) is 4.81. The fraction of sp³-hybridized carbons (Fsp3) is 0.600. The number of nitrogens with zero attached hydrogens (tertiary/aromatic N) is 3. The SMILES string of the molecule is CN(C)C1(c2ncc(Br)cn2)CCC1. The Morgan fingerprint density at radius 1 is 1.29 bits per heavy atom. The standard InChI is InChI=1S/C10H14BrN3/c1-14(2)10(4-3-5-10)9-12-6-8(11)7-13-9/h6-7H,3-5H2,1-2H3. The van der Waals surface area contributed by atoms with E-state index in [4.69, 9.17) is 0 Å². The molecule has 1 aromatic heterocycles. The van der Waals surface area contributed by atoms with E-state index in [0.29, 0.717) is 0 Å². The van der Waals surface area contributed by atoms with Gasteiger partial charge in [-0.3, -0.25) is 4.90 Å². The first kappa shape index (κ1) is 10.1. The molecule has 0 aromatic carbocycles. The van der Waals surface area contributed by atoms with Crippen molar-refractivity contribution in [3.63, 3.8) is 0 Å². The Balaban J connectivity index is 2.32. The number of rotatable bonds is 2. The average molecular weight is 256 g/mol. The molecule has 1 heterocycles. The van der Waals surface area contributed by atoms with E-state index in [-0.39, 0.29) is 5.54 Å². The molecule has 0 radical (unpaired) electrons. The van der Waals surface area contributed by atoms with E-state index in [1.54, 1.807) is 0 Å². The van der Waals surface area contributed by atoms with Gasteiger partial charge in [-0.2, -0.15) is 0 Å². The fourth-order valence-corrected chi connectivity index (χ4v) is 2.14. The van der Waals surface area contributed by atoms with E-state index >= 15 is 0 Å². The molecule has 1 fully saturated rings. The molecular weight excluding hydrogens is 242 g/mol. The summed E-state index contributed by atoms with van der Waals surface area (Å²) in [5.74, 6) is 0.956. The zero-order valence-electron chi connectivity index (χ0n) is 8.50. The predicted molar refractivity (Wildman–Crippen MR) is 58.9 cm³/mol. The molecule has 0 bridgehead atoms. The van der Waals surface area contributed by atoms with Gasteiger partial charge in [0.2, 0.25) is 0 Å². The van der Waals surface area contributed by atoms with Crippen LogP contribution >= 0.6 is 15.9 Å². The van der Waals surface area contributed by atoms with Gasteiger partial charge in [0.25, 0.3) is 0 Å². The van der Waals surface area contributed by atoms with Crippen molar-refractivity contribution < 1.29 is 0 Å². The summed E-state index contributed by atoms with van der Waals surface area (Å²) in [5, 5.41) is 0. The minimum absolute atomic E-state index is 0.0979. The van der Waals surface area contributed by atoms with Crippen molar-refractivity contribution in [2.24, 2.45) is 0 Å². The van der Waals surface area contributed by atoms with Crippen LogP contribution in [-0.4, -0.2) is 29.0 Å². The molecule has 0 saturated heterocycles. The van der Waals surface area contributed by atoms with Crippen LogP contribution in [0, 0.1) is 0 Å². The summed E-state index contributed by atoms with van der Waals surface area (Å²) in [6.07, 6.45) is 7.26. The second kappa shape index (κ2) is 3.59. The highest BCUT2D eigenvalue weighted by Crippen LogP contribution is 2.43. The molecule has 0 atom stereocenters. The number of halogens is 1. The maximum absolute atomic E-state index is 4.39. The topological polar surface area (TPSA) is 29.0 Å². The third kappa shape index (κ3) is 1.46. The van der Waals surface area contributed by atoms with Gasteiger partial charge in [0.05, 0.1) is 10.0 Å². The monoisotopic (exact) mass is 255 g/mol. The highest BCUT2D eigenvalue weighted by atomic mass is 79.9. The van der Waals surface area contributed by atoms with Crippen LogP contribution in [0.3, 0.4) is 0 Å². The van der Waals surface area contributed by atoms with Crippen LogP contribution in [0.25, 0.3) is 0 Å². The van der Waals surface area contributed by atoms with Crippen molar-refractivity contribution in [3.8, 4) is 0 Å². The summed E-state index contributed by atoms with van der Waals surface area (Å²) in [6, 6.07) is 0. The molecular formula is C10H14BrN3. The molecule has 1 aliphatic carbocycles. The Labute approximate surface area is 92.7 Å². The van der Waals surface area contributed by atoms with Crippen molar-refractivity contribution in [2.45, 2.75) is 24.8 Å². The molecule has 0 spiro atoms. The quantitative estimate of drug-likeness (QED) is 0.812. The van der Waals surface area contributed by atoms with Crippen LogP contribution in [0.15, 0.2) is 16.9 Å². The molecule has 76 valence electrons. The maximum atomic E-state index is 4.39. The van der Waals surface area contributed by atoms with Gasteiger partial charge in [-0.05, 0) is 49.3 Å². The van der Waals surface area contributed by atoms with Gasteiger partial charge < -0.3 is 0 Å². The van der Waals surface area contributed by atoms with Crippen LogP contribution < -0.4 is 0 Å². The highest BCUT2D eigenvalue weighted by molar-refractivity contribution is 9.10. The molecule has 0 N–H and O–H groups in total. The first-order valence-corrected chi connectivity index (χ1v) is 5.60. The van der Waals surface area contributed by atoms with Gasteiger partial charge in [0.1, 0.15) is 5.82 Å². The molecule has 0 aliphatic heterocycles. The van der Waals surface area contributed by atoms with Gasteiger partial charge in [-0.1, -0.05) is 0 Å². The molecule has 1 aromatic rings. The van der Waals surface area contributed by atoms with Crippen LogP contribution in [0.5, 0.6) is 0 Å². The molecule has 3 nitrogen and oxygen atoms in total. The van der Waals surface area contributed by atoms with Crippen molar-refractivity contribution in [2.75, 3.05) is 14.1 Å². The van der Waals surface area contributed by atoms with Crippen LogP contribution in [0.4, 0.5) is 0 Å². The van der Waals surface area contributed by atoms with Gasteiger partial charge in [0.15, 0.2) is 0 Å². The number of aromatic nitrogens is 2. The Hall–Kier alpha value is -0.480. The minimum Gasteiger partial charge on any atom is -0.297 e. The predicted octanol–water partition coefficient (Wildman–Crippen LogP) is 2.18.